The number of aromatic nitrogens is 4. The van der Waals surface area contributed by atoms with Gasteiger partial charge in [0.1, 0.15) is 17.6 Å². The summed E-state index contributed by atoms with van der Waals surface area (Å²) in [6, 6.07) is 14.0. The molecule has 3 heterocycles. The summed E-state index contributed by atoms with van der Waals surface area (Å²) < 4.78 is 7.41. The van der Waals surface area contributed by atoms with Crippen molar-refractivity contribution in [3.05, 3.63) is 82.4 Å². The molecule has 2 aromatic heterocycles. The molecule has 4 atom stereocenters. The fourth-order valence-corrected chi connectivity index (χ4v) is 8.07. The summed E-state index contributed by atoms with van der Waals surface area (Å²) in [7, 11) is 1.73. The molecule has 1 aliphatic heterocycles. The molecule has 50 heavy (non-hydrogen) atoms. The van der Waals surface area contributed by atoms with E-state index in [-0.39, 0.29) is 42.1 Å². The molecule has 4 N–H and O–H groups in total. The van der Waals surface area contributed by atoms with Gasteiger partial charge in [0, 0.05) is 37.3 Å². The van der Waals surface area contributed by atoms with Crippen molar-refractivity contribution < 1.29 is 19.1 Å². The lowest BCUT2D eigenvalue weighted by Crippen LogP contribution is -2.56. The lowest BCUT2D eigenvalue weighted by Gasteiger charge is -2.34. The molecule has 1 aliphatic carbocycles. The molecule has 12 heteroatoms. The van der Waals surface area contributed by atoms with Gasteiger partial charge in [-0.3, -0.25) is 19.1 Å². The highest BCUT2D eigenvalue weighted by molar-refractivity contribution is 6.31. The molecule has 2 aliphatic rings. The Balaban J connectivity index is 1.36. The summed E-state index contributed by atoms with van der Waals surface area (Å²) >= 11 is 6.76. The van der Waals surface area contributed by atoms with E-state index in [0.717, 1.165) is 48.7 Å². The zero-order valence-electron chi connectivity index (χ0n) is 29.3. The van der Waals surface area contributed by atoms with Gasteiger partial charge in [0.05, 0.1) is 29.1 Å². The summed E-state index contributed by atoms with van der Waals surface area (Å²) in [5.41, 5.74) is 2.55. The van der Waals surface area contributed by atoms with Gasteiger partial charge in [-0.1, -0.05) is 69.0 Å². The second-order valence-electron chi connectivity index (χ2n) is 14.1. The smallest absolute Gasteiger partial charge is 0.270 e. The van der Waals surface area contributed by atoms with E-state index >= 15 is 0 Å². The van der Waals surface area contributed by atoms with Crippen molar-refractivity contribution in [1.29, 1.82) is 0 Å². The molecule has 0 radical (unpaired) electrons. The van der Waals surface area contributed by atoms with Crippen LogP contribution in [0.25, 0.3) is 11.0 Å². The lowest BCUT2D eigenvalue weighted by atomic mass is 9.77. The zero-order valence-corrected chi connectivity index (χ0v) is 30.1. The number of amides is 3. The first-order chi connectivity index (χ1) is 24.1. The summed E-state index contributed by atoms with van der Waals surface area (Å²) in [4.78, 5) is 49.8. The van der Waals surface area contributed by atoms with Gasteiger partial charge < -0.3 is 25.7 Å². The Morgan fingerprint density at radius 3 is 2.52 bits per heavy atom. The van der Waals surface area contributed by atoms with E-state index in [1.807, 2.05) is 49.4 Å². The standard InChI is InChI=1S/C38H48ClN7O4/c1-5-40-36(48)32(24-11-7-6-8-12-24)45-37(49)38(18-20-50-22-38)25-15-16-28-29(21-25)43-34(42-28)33(44-35(47)30-17-19-41-46(30)4)31(23(2)3)26-13-9-10-14-27(26)39/h9-10,13-17,19,21,23-24,31-33H,5-8,11-12,18,20,22H2,1-4H3,(H,40,48)(H,42,43)(H,44,47)(H,45,49)/t31-,32+,33-,38?/m0/s1. The lowest BCUT2D eigenvalue weighted by molar-refractivity contribution is -0.133. The fraction of sp³-hybridized carbons (Fsp3) is 0.500. The van der Waals surface area contributed by atoms with Gasteiger partial charge in [0.2, 0.25) is 11.8 Å². The minimum absolute atomic E-state index is 0.0696. The van der Waals surface area contributed by atoms with Gasteiger partial charge in [0.15, 0.2) is 0 Å². The number of hydrogen-bond donors (Lipinski definition) is 4. The minimum Gasteiger partial charge on any atom is -0.380 e. The van der Waals surface area contributed by atoms with E-state index in [1.54, 1.807) is 19.3 Å². The van der Waals surface area contributed by atoms with E-state index in [4.69, 9.17) is 21.3 Å². The predicted octanol–water partition coefficient (Wildman–Crippen LogP) is 5.72. The van der Waals surface area contributed by atoms with Crippen molar-refractivity contribution in [2.75, 3.05) is 19.8 Å². The van der Waals surface area contributed by atoms with Crippen LogP contribution < -0.4 is 16.0 Å². The number of aryl methyl sites for hydroxylation is 1. The number of imidazole rings is 1. The molecule has 6 rings (SSSR count). The highest BCUT2D eigenvalue weighted by Gasteiger charge is 2.46. The second kappa shape index (κ2) is 15.3. The van der Waals surface area contributed by atoms with Gasteiger partial charge >= 0.3 is 0 Å². The Labute approximate surface area is 298 Å². The van der Waals surface area contributed by atoms with Crippen LogP contribution in [0.4, 0.5) is 0 Å². The molecule has 1 unspecified atom stereocenters. The van der Waals surface area contributed by atoms with Crippen LogP contribution in [0.5, 0.6) is 0 Å². The third kappa shape index (κ3) is 7.16. The number of fused-ring (bicyclic) bond motifs is 1. The number of nitrogens with zero attached hydrogens (tertiary/aromatic N) is 3. The van der Waals surface area contributed by atoms with E-state index in [1.165, 1.54) is 4.68 Å². The van der Waals surface area contributed by atoms with Crippen LogP contribution in [-0.2, 0) is 26.8 Å². The van der Waals surface area contributed by atoms with Gasteiger partial charge in [-0.25, -0.2) is 4.98 Å². The monoisotopic (exact) mass is 701 g/mol. The van der Waals surface area contributed by atoms with Crippen molar-refractivity contribution >= 4 is 40.4 Å². The SMILES string of the molecule is CCNC(=O)[C@H](NC(=O)C1(c2ccc3[nH]c([C@@H](NC(=O)c4ccnn4C)[C@H](c4ccccc4Cl)C(C)C)nc3c2)CCOC1)C1CCCCC1. The van der Waals surface area contributed by atoms with Crippen LogP contribution in [-0.4, -0.2) is 63.3 Å². The van der Waals surface area contributed by atoms with Gasteiger partial charge in [0.25, 0.3) is 5.91 Å². The summed E-state index contributed by atoms with van der Waals surface area (Å²) in [6.45, 7) is 7.23. The fourth-order valence-electron chi connectivity index (χ4n) is 7.81. The molecule has 11 nitrogen and oxygen atoms in total. The third-order valence-corrected chi connectivity index (χ3v) is 10.9. The number of aromatic amines is 1. The zero-order chi connectivity index (χ0) is 35.4. The molecule has 0 spiro atoms. The number of hydrogen-bond acceptors (Lipinski definition) is 6. The molecule has 4 aromatic rings. The Morgan fingerprint density at radius 1 is 1.08 bits per heavy atom. The minimum atomic E-state index is -0.974. The van der Waals surface area contributed by atoms with E-state index in [9.17, 15) is 14.4 Å². The quantitative estimate of drug-likeness (QED) is 0.149. The molecule has 2 fully saturated rings. The van der Waals surface area contributed by atoms with Crippen LogP contribution in [0.15, 0.2) is 54.7 Å². The molecule has 1 saturated heterocycles. The average Bonchev–Trinajstić information content (AvgIpc) is 3.88. The second-order valence-corrected chi connectivity index (χ2v) is 14.5. The van der Waals surface area contributed by atoms with Crippen molar-refractivity contribution in [2.45, 2.75) is 82.7 Å². The van der Waals surface area contributed by atoms with Gasteiger partial charge in [-0.05, 0) is 73.4 Å². The molecule has 0 bridgehead atoms. The van der Waals surface area contributed by atoms with Crippen LogP contribution in [0.3, 0.4) is 0 Å². The highest BCUT2D eigenvalue weighted by Crippen LogP contribution is 2.41. The van der Waals surface area contributed by atoms with Crippen LogP contribution in [0.1, 0.15) is 98.7 Å². The molecular formula is C38H48ClN7O4. The van der Waals surface area contributed by atoms with Crippen LogP contribution in [0.2, 0.25) is 5.02 Å². The Bertz CT molecular complexity index is 1820. The van der Waals surface area contributed by atoms with Crippen molar-refractivity contribution in [3.63, 3.8) is 0 Å². The Hall–Kier alpha value is -4.22. The van der Waals surface area contributed by atoms with Crippen molar-refractivity contribution in [1.82, 2.24) is 35.7 Å². The number of ether oxygens (including phenoxy) is 1. The average molecular weight is 702 g/mol. The Morgan fingerprint density at radius 2 is 1.86 bits per heavy atom. The summed E-state index contributed by atoms with van der Waals surface area (Å²) in [5, 5.41) is 14.2. The number of likely N-dealkylation sites (N-methyl/N-ethyl adjacent to an activating group) is 1. The Kier molecular flexibility index (Phi) is 10.9. The number of nitrogens with one attached hydrogen (secondary N) is 4. The van der Waals surface area contributed by atoms with E-state index < -0.39 is 17.5 Å². The number of benzene rings is 2. The molecular weight excluding hydrogens is 654 g/mol. The topological polar surface area (TPSA) is 143 Å². The first kappa shape index (κ1) is 35.6. The number of carbonyl (C=O) groups is 3. The molecule has 2 aromatic carbocycles. The molecule has 1 saturated carbocycles. The van der Waals surface area contributed by atoms with Crippen LogP contribution in [0, 0.1) is 11.8 Å². The van der Waals surface area contributed by atoms with Gasteiger partial charge in [-0.2, -0.15) is 5.10 Å². The molecule has 266 valence electrons. The summed E-state index contributed by atoms with van der Waals surface area (Å²) in [5.74, 6) is -0.111. The van der Waals surface area contributed by atoms with Crippen molar-refractivity contribution in [2.24, 2.45) is 18.9 Å². The maximum atomic E-state index is 14.3. The molecule has 3 amide bonds. The predicted molar refractivity (Wildman–Crippen MR) is 193 cm³/mol. The number of rotatable bonds is 12. The van der Waals surface area contributed by atoms with E-state index in [0.29, 0.717) is 41.6 Å². The van der Waals surface area contributed by atoms with Crippen molar-refractivity contribution in [3.8, 4) is 0 Å². The number of halogens is 1. The van der Waals surface area contributed by atoms with E-state index in [2.05, 4.69) is 39.9 Å². The largest absolute Gasteiger partial charge is 0.380 e. The number of carbonyl (C=O) groups excluding carboxylic acids is 3. The third-order valence-electron chi connectivity index (χ3n) is 10.5. The maximum absolute atomic E-state index is 14.3. The highest BCUT2D eigenvalue weighted by atomic mass is 35.5. The van der Waals surface area contributed by atoms with Crippen LogP contribution >= 0.6 is 11.6 Å². The number of H-pyrrole nitrogens is 1. The maximum Gasteiger partial charge on any atom is 0.270 e. The van der Waals surface area contributed by atoms with Gasteiger partial charge in [-0.15, -0.1) is 0 Å². The normalized spacial score (nSPS) is 20.0. The first-order valence-corrected chi connectivity index (χ1v) is 18.2. The summed E-state index contributed by atoms with van der Waals surface area (Å²) in [6.07, 6.45) is 7.17. The first-order valence-electron chi connectivity index (χ1n) is 17.8.